The van der Waals surface area contributed by atoms with Crippen molar-refractivity contribution in [3.05, 3.63) is 30.2 Å². The topological polar surface area (TPSA) is 82.8 Å². The zero-order valence-electron chi connectivity index (χ0n) is 10.4. The van der Waals surface area contributed by atoms with Crippen molar-refractivity contribution in [1.82, 2.24) is 10.2 Å². The number of aliphatic hydroxyl groups is 1. The number of rotatable bonds is 5. The van der Waals surface area contributed by atoms with Crippen LogP contribution in [0.1, 0.15) is 12.2 Å². The molecule has 6 heteroatoms. The molecule has 0 spiro atoms. The summed E-state index contributed by atoms with van der Waals surface area (Å²) in [5.74, 6) is 0.272. The van der Waals surface area contributed by atoms with Crippen LogP contribution in [-0.2, 0) is 9.59 Å². The quantitative estimate of drug-likeness (QED) is 0.733. The summed E-state index contributed by atoms with van der Waals surface area (Å²) in [6.45, 7) is 1.07. The number of nitrogens with one attached hydrogen (secondary N) is 1. The maximum Gasteiger partial charge on any atom is 0.244 e. The third-order valence-corrected chi connectivity index (χ3v) is 2.80. The highest BCUT2D eigenvalue weighted by Gasteiger charge is 2.27. The Hall–Kier alpha value is -2.08. The van der Waals surface area contributed by atoms with E-state index in [1.807, 2.05) is 0 Å². The van der Waals surface area contributed by atoms with Crippen LogP contribution >= 0.6 is 0 Å². The standard InChI is InChI=1S/C13H16N2O4/c16-10-8-15(9-10)13(18)5-6-14-12(17)4-3-11-2-1-7-19-11/h1-4,7,10,16H,5-6,8-9H2,(H,14,17)/b4-3+. The minimum absolute atomic E-state index is 0.0550. The van der Waals surface area contributed by atoms with E-state index in [4.69, 9.17) is 9.52 Å². The minimum Gasteiger partial charge on any atom is -0.465 e. The number of furan rings is 1. The van der Waals surface area contributed by atoms with Crippen molar-refractivity contribution in [2.24, 2.45) is 0 Å². The predicted octanol–water partition coefficient (Wildman–Crippen LogP) is 0.00220. The first-order chi connectivity index (χ1) is 9.15. The fourth-order valence-corrected chi connectivity index (χ4v) is 1.71. The van der Waals surface area contributed by atoms with Gasteiger partial charge in [0.2, 0.25) is 11.8 Å². The largest absolute Gasteiger partial charge is 0.465 e. The van der Waals surface area contributed by atoms with Gasteiger partial charge in [-0.15, -0.1) is 0 Å². The maximum atomic E-state index is 11.5. The molecule has 2 amide bonds. The molecule has 19 heavy (non-hydrogen) atoms. The Balaban J connectivity index is 1.62. The first-order valence-electron chi connectivity index (χ1n) is 6.10. The molecule has 0 atom stereocenters. The highest BCUT2D eigenvalue weighted by atomic mass is 16.3. The number of carbonyl (C=O) groups excluding carboxylic acids is 2. The molecule has 2 heterocycles. The second-order valence-corrected chi connectivity index (χ2v) is 4.34. The summed E-state index contributed by atoms with van der Waals surface area (Å²) in [4.78, 5) is 24.5. The summed E-state index contributed by atoms with van der Waals surface area (Å²) in [7, 11) is 0. The molecule has 1 aromatic rings. The monoisotopic (exact) mass is 264 g/mol. The van der Waals surface area contributed by atoms with Gasteiger partial charge in [-0.25, -0.2) is 0 Å². The highest BCUT2D eigenvalue weighted by molar-refractivity contribution is 5.91. The summed E-state index contributed by atoms with van der Waals surface area (Å²) in [5, 5.41) is 11.7. The number of hydrogen-bond donors (Lipinski definition) is 2. The summed E-state index contributed by atoms with van der Waals surface area (Å²) >= 11 is 0. The van der Waals surface area contributed by atoms with Gasteiger partial charge in [-0.3, -0.25) is 9.59 Å². The zero-order chi connectivity index (χ0) is 13.7. The molecule has 0 bridgehead atoms. The first-order valence-corrected chi connectivity index (χ1v) is 6.10. The van der Waals surface area contributed by atoms with Crippen molar-refractivity contribution in [2.45, 2.75) is 12.5 Å². The van der Waals surface area contributed by atoms with Crippen molar-refractivity contribution < 1.29 is 19.1 Å². The summed E-state index contributed by atoms with van der Waals surface area (Å²) < 4.78 is 5.04. The molecule has 0 aliphatic carbocycles. The van der Waals surface area contributed by atoms with E-state index in [1.165, 1.54) is 12.3 Å². The Morgan fingerprint density at radius 3 is 2.95 bits per heavy atom. The normalized spacial score (nSPS) is 15.5. The molecule has 1 aromatic heterocycles. The van der Waals surface area contributed by atoms with Gasteiger partial charge >= 0.3 is 0 Å². The third-order valence-electron chi connectivity index (χ3n) is 2.80. The smallest absolute Gasteiger partial charge is 0.244 e. The van der Waals surface area contributed by atoms with Crippen molar-refractivity contribution in [1.29, 1.82) is 0 Å². The van der Waals surface area contributed by atoms with Crippen molar-refractivity contribution in [2.75, 3.05) is 19.6 Å². The van der Waals surface area contributed by atoms with Crippen LogP contribution in [-0.4, -0.2) is 47.6 Å². The number of hydrogen-bond acceptors (Lipinski definition) is 4. The predicted molar refractivity (Wildman–Crippen MR) is 68.0 cm³/mol. The summed E-state index contributed by atoms with van der Waals surface area (Å²) in [6, 6.07) is 3.47. The van der Waals surface area contributed by atoms with E-state index < -0.39 is 6.10 Å². The van der Waals surface area contributed by atoms with Crippen molar-refractivity contribution in [3.63, 3.8) is 0 Å². The summed E-state index contributed by atoms with van der Waals surface area (Å²) in [6.07, 6.45) is 4.29. The Morgan fingerprint density at radius 2 is 2.32 bits per heavy atom. The lowest BCUT2D eigenvalue weighted by Gasteiger charge is -2.35. The van der Waals surface area contributed by atoms with Crippen LogP contribution in [0.25, 0.3) is 6.08 Å². The number of amides is 2. The maximum absolute atomic E-state index is 11.5. The number of carbonyl (C=O) groups is 2. The van der Waals surface area contributed by atoms with E-state index in [1.54, 1.807) is 23.1 Å². The van der Waals surface area contributed by atoms with E-state index in [9.17, 15) is 9.59 Å². The first kappa shape index (κ1) is 13.4. The van der Waals surface area contributed by atoms with Gasteiger partial charge in [0.05, 0.1) is 12.4 Å². The Morgan fingerprint density at radius 1 is 1.53 bits per heavy atom. The van der Waals surface area contributed by atoms with Crippen LogP contribution in [0.5, 0.6) is 0 Å². The lowest BCUT2D eigenvalue weighted by molar-refractivity contribution is -0.141. The molecule has 102 valence electrons. The van der Waals surface area contributed by atoms with E-state index in [0.717, 1.165) is 0 Å². The van der Waals surface area contributed by atoms with Gasteiger partial charge < -0.3 is 19.7 Å². The van der Waals surface area contributed by atoms with E-state index in [2.05, 4.69) is 5.32 Å². The van der Waals surface area contributed by atoms with E-state index in [-0.39, 0.29) is 24.8 Å². The number of likely N-dealkylation sites (tertiary alicyclic amines) is 1. The average Bonchev–Trinajstić information content (AvgIpc) is 2.85. The zero-order valence-corrected chi connectivity index (χ0v) is 10.4. The lowest BCUT2D eigenvalue weighted by atomic mass is 10.1. The van der Waals surface area contributed by atoms with Crippen LogP contribution in [0.2, 0.25) is 0 Å². The Kier molecular flexibility index (Phi) is 4.35. The van der Waals surface area contributed by atoms with Gasteiger partial charge in [-0.05, 0) is 18.2 Å². The van der Waals surface area contributed by atoms with Crippen LogP contribution in [0.15, 0.2) is 28.9 Å². The third kappa shape index (κ3) is 3.96. The van der Waals surface area contributed by atoms with Crippen LogP contribution in [0, 0.1) is 0 Å². The van der Waals surface area contributed by atoms with Crippen molar-refractivity contribution >= 4 is 17.9 Å². The van der Waals surface area contributed by atoms with Crippen LogP contribution < -0.4 is 5.32 Å². The molecule has 6 nitrogen and oxygen atoms in total. The molecular formula is C13H16N2O4. The molecule has 1 aliphatic heterocycles. The second-order valence-electron chi connectivity index (χ2n) is 4.34. The van der Waals surface area contributed by atoms with Crippen LogP contribution in [0.3, 0.4) is 0 Å². The molecule has 1 aliphatic rings. The van der Waals surface area contributed by atoms with E-state index in [0.29, 0.717) is 18.8 Å². The number of aliphatic hydroxyl groups excluding tert-OH is 1. The highest BCUT2D eigenvalue weighted by Crippen LogP contribution is 2.08. The molecule has 1 fully saturated rings. The van der Waals surface area contributed by atoms with Gasteiger partial charge in [-0.1, -0.05) is 0 Å². The Labute approximate surface area is 110 Å². The van der Waals surface area contributed by atoms with Gasteiger partial charge in [0.15, 0.2) is 0 Å². The van der Waals surface area contributed by atoms with Gasteiger partial charge in [0.25, 0.3) is 0 Å². The molecule has 0 radical (unpaired) electrons. The molecule has 2 N–H and O–H groups in total. The van der Waals surface area contributed by atoms with Crippen molar-refractivity contribution in [3.8, 4) is 0 Å². The molecule has 2 rings (SSSR count). The van der Waals surface area contributed by atoms with Gasteiger partial charge in [-0.2, -0.15) is 0 Å². The van der Waals surface area contributed by atoms with Crippen LogP contribution in [0.4, 0.5) is 0 Å². The van der Waals surface area contributed by atoms with Gasteiger partial charge in [0.1, 0.15) is 5.76 Å². The average molecular weight is 264 g/mol. The lowest BCUT2D eigenvalue weighted by Crippen LogP contribution is -2.53. The number of nitrogens with zero attached hydrogens (tertiary/aromatic N) is 1. The molecular weight excluding hydrogens is 248 g/mol. The molecule has 0 unspecified atom stereocenters. The fraction of sp³-hybridized carbons (Fsp3) is 0.385. The molecule has 0 saturated carbocycles. The van der Waals surface area contributed by atoms with E-state index >= 15 is 0 Å². The molecule has 1 saturated heterocycles. The van der Waals surface area contributed by atoms with Gasteiger partial charge in [0, 0.05) is 32.1 Å². The fourth-order valence-electron chi connectivity index (χ4n) is 1.71. The number of β-amino-alcohol motifs (C(OH)–C–C–N with tert-alkyl or cyclic N) is 1. The second kappa shape index (κ2) is 6.19. The SMILES string of the molecule is O=C(/C=C/c1ccco1)NCCC(=O)N1CC(O)C1. The Bertz CT molecular complexity index is 461. The summed E-state index contributed by atoms with van der Waals surface area (Å²) in [5.41, 5.74) is 0. The minimum atomic E-state index is -0.394. The molecule has 0 aromatic carbocycles.